The zero-order valence-corrected chi connectivity index (χ0v) is 11.7. The molecule has 0 aliphatic carbocycles. The normalized spacial score (nSPS) is 20.4. The SMILES string of the molecule is Cc1ccc([C@H]2CCCCCN2CC(=O)NC(N)=O)o1. The van der Waals surface area contributed by atoms with Gasteiger partial charge in [-0.15, -0.1) is 0 Å². The molecular formula is C14H21N3O3. The summed E-state index contributed by atoms with van der Waals surface area (Å²) >= 11 is 0. The quantitative estimate of drug-likeness (QED) is 0.881. The number of hydrogen-bond acceptors (Lipinski definition) is 4. The molecule has 3 amide bonds. The first kappa shape index (κ1) is 14.6. The van der Waals surface area contributed by atoms with E-state index >= 15 is 0 Å². The van der Waals surface area contributed by atoms with Crippen LogP contribution in [0.2, 0.25) is 0 Å². The molecule has 1 aliphatic rings. The largest absolute Gasteiger partial charge is 0.465 e. The number of urea groups is 1. The molecule has 0 spiro atoms. The summed E-state index contributed by atoms with van der Waals surface area (Å²) in [6.07, 6.45) is 4.25. The zero-order chi connectivity index (χ0) is 14.5. The van der Waals surface area contributed by atoms with E-state index in [-0.39, 0.29) is 18.5 Å². The lowest BCUT2D eigenvalue weighted by Crippen LogP contribution is -2.43. The molecule has 1 aromatic heterocycles. The fourth-order valence-corrected chi connectivity index (χ4v) is 2.67. The molecule has 1 atom stereocenters. The Kier molecular flexibility index (Phi) is 4.79. The van der Waals surface area contributed by atoms with E-state index < -0.39 is 6.03 Å². The predicted octanol–water partition coefficient (Wildman–Crippen LogP) is 1.70. The first-order valence-corrected chi connectivity index (χ1v) is 6.96. The molecule has 0 aromatic carbocycles. The zero-order valence-electron chi connectivity index (χ0n) is 11.7. The van der Waals surface area contributed by atoms with Gasteiger partial charge in [0.1, 0.15) is 11.5 Å². The molecule has 110 valence electrons. The molecule has 6 nitrogen and oxygen atoms in total. The van der Waals surface area contributed by atoms with Crippen molar-refractivity contribution in [2.24, 2.45) is 5.73 Å². The summed E-state index contributed by atoms with van der Waals surface area (Å²) < 4.78 is 5.71. The van der Waals surface area contributed by atoms with Crippen LogP contribution in [0.4, 0.5) is 4.79 Å². The molecule has 0 unspecified atom stereocenters. The van der Waals surface area contributed by atoms with Gasteiger partial charge in [0, 0.05) is 0 Å². The second-order valence-corrected chi connectivity index (χ2v) is 5.20. The van der Waals surface area contributed by atoms with Crippen LogP contribution in [0.3, 0.4) is 0 Å². The Morgan fingerprint density at radius 3 is 2.85 bits per heavy atom. The topological polar surface area (TPSA) is 88.6 Å². The smallest absolute Gasteiger partial charge is 0.318 e. The van der Waals surface area contributed by atoms with Gasteiger partial charge in [0.25, 0.3) is 0 Å². The van der Waals surface area contributed by atoms with Crippen molar-refractivity contribution in [2.75, 3.05) is 13.1 Å². The van der Waals surface area contributed by atoms with Crippen molar-refractivity contribution in [1.82, 2.24) is 10.2 Å². The number of nitrogens with zero attached hydrogens (tertiary/aromatic N) is 1. The van der Waals surface area contributed by atoms with Gasteiger partial charge < -0.3 is 10.2 Å². The number of imide groups is 1. The summed E-state index contributed by atoms with van der Waals surface area (Å²) in [6.45, 7) is 2.88. The van der Waals surface area contributed by atoms with Crippen LogP contribution in [-0.2, 0) is 4.79 Å². The first-order valence-electron chi connectivity index (χ1n) is 6.96. The summed E-state index contributed by atoms with van der Waals surface area (Å²) in [5, 5.41) is 2.12. The van der Waals surface area contributed by atoms with Crippen LogP contribution in [0.1, 0.15) is 43.2 Å². The van der Waals surface area contributed by atoms with Crippen LogP contribution < -0.4 is 11.1 Å². The van der Waals surface area contributed by atoms with Crippen molar-refractivity contribution in [2.45, 2.75) is 38.6 Å². The number of amides is 3. The van der Waals surface area contributed by atoms with Crippen molar-refractivity contribution >= 4 is 11.9 Å². The third kappa shape index (κ3) is 3.84. The van der Waals surface area contributed by atoms with Gasteiger partial charge in [-0.1, -0.05) is 12.8 Å². The number of primary amides is 1. The van der Waals surface area contributed by atoms with Crippen molar-refractivity contribution < 1.29 is 14.0 Å². The molecule has 1 saturated heterocycles. The number of likely N-dealkylation sites (tertiary alicyclic amines) is 1. The number of rotatable bonds is 3. The van der Waals surface area contributed by atoms with Gasteiger partial charge in [0.2, 0.25) is 5.91 Å². The van der Waals surface area contributed by atoms with Crippen LogP contribution in [0.5, 0.6) is 0 Å². The van der Waals surface area contributed by atoms with Crippen LogP contribution in [0.15, 0.2) is 16.5 Å². The maximum atomic E-state index is 11.7. The molecule has 2 heterocycles. The number of carbonyl (C=O) groups excluding carboxylic acids is 2. The Labute approximate surface area is 118 Å². The van der Waals surface area contributed by atoms with Crippen molar-refractivity contribution in [3.05, 3.63) is 23.7 Å². The molecule has 0 radical (unpaired) electrons. The molecule has 20 heavy (non-hydrogen) atoms. The fourth-order valence-electron chi connectivity index (χ4n) is 2.67. The van der Waals surface area contributed by atoms with E-state index in [9.17, 15) is 9.59 Å². The molecular weight excluding hydrogens is 258 g/mol. The lowest BCUT2D eigenvalue weighted by molar-refractivity contribution is -0.121. The van der Waals surface area contributed by atoms with E-state index in [0.29, 0.717) is 0 Å². The Bertz CT molecular complexity index is 484. The lowest BCUT2D eigenvalue weighted by Gasteiger charge is -2.27. The Balaban J connectivity index is 2.09. The molecule has 1 aromatic rings. The van der Waals surface area contributed by atoms with E-state index in [1.807, 2.05) is 19.1 Å². The first-order chi connectivity index (χ1) is 9.56. The number of furan rings is 1. The monoisotopic (exact) mass is 279 g/mol. The van der Waals surface area contributed by atoms with Gasteiger partial charge >= 0.3 is 6.03 Å². The third-order valence-corrected chi connectivity index (χ3v) is 3.56. The van der Waals surface area contributed by atoms with Gasteiger partial charge in [0.15, 0.2) is 0 Å². The highest BCUT2D eigenvalue weighted by Gasteiger charge is 2.26. The van der Waals surface area contributed by atoms with E-state index in [1.165, 1.54) is 0 Å². The summed E-state index contributed by atoms with van der Waals surface area (Å²) in [5.41, 5.74) is 4.97. The van der Waals surface area contributed by atoms with Crippen LogP contribution >= 0.6 is 0 Å². The van der Waals surface area contributed by atoms with E-state index in [4.69, 9.17) is 10.2 Å². The van der Waals surface area contributed by atoms with Crippen molar-refractivity contribution in [3.63, 3.8) is 0 Å². The summed E-state index contributed by atoms with van der Waals surface area (Å²) in [7, 11) is 0. The molecule has 3 N–H and O–H groups in total. The second-order valence-electron chi connectivity index (χ2n) is 5.20. The number of aryl methyl sites for hydroxylation is 1. The predicted molar refractivity (Wildman–Crippen MR) is 74.0 cm³/mol. The average molecular weight is 279 g/mol. The van der Waals surface area contributed by atoms with Gasteiger partial charge in [-0.25, -0.2) is 4.79 Å². The minimum absolute atomic E-state index is 0.0878. The van der Waals surface area contributed by atoms with E-state index in [2.05, 4.69) is 10.2 Å². The molecule has 2 rings (SSSR count). The van der Waals surface area contributed by atoms with E-state index in [0.717, 1.165) is 43.7 Å². The number of nitrogens with two attached hydrogens (primary N) is 1. The van der Waals surface area contributed by atoms with Crippen LogP contribution in [0, 0.1) is 6.92 Å². The molecule has 6 heteroatoms. The molecule has 0 bridgehead atoms. The van der Waals surface area contributed by atoms with Gasteiger partial charge in [0.05, 0.1) is 12.6 Å². The molecule has 0 saturated carbocycles. The summed E-state index contributed by atoms with van der Waals surface area (Å²) in [6, 6.07) is 3.17. The van der Waals surface area contributed by atoms with Gasteiger partial charge in [-0.2, -0.15) is 0 Å². The maximum Gasteiger partial charge on any atom is 0.318 e. The van der Waals surface area contributed by atoms with Crippen LogP contribution in [-0.4, -0.2) is 29.9 Å². The summed E-state index contributed by atoms with van der Waals surface area (Å²) in [5.74, 6) is 1.38. The van der Waals surface area contributed by atoms with Crippen LogP contribution in [0.25, 0.3) is 0 Å². The van der Waals surface area contributed by atoms with E-state index in [1.54, 1.807) is 0 Å². The second kappa shape index (κ2) is 6.56. The minimum atomic E-state index is -0.810. The third-order valence-electron chi connectivity index (χ3n) is 3.56. The maximum absolute atomic E-state index is 11.7. The molecule has 1 aliphatic heterocycles. The Morgan fingerprint density at radius 2 is 2.20 bits per heavy atom. The highest BCUT2D eigenvalue weighted by atomic mass is 16.3. The number of hydrogen-bond donors (Lipinski definition) is 2. The number of nitrogens with one attached hydrogen (secondary N) is 1. The Hall–Kier alpha value is -1.82. The van der Waals surface area contributed by atoms with Crippen molar-refractivity contribution in [1.29, 1.82) is 0 Å². The fraction of sp³-hybridized carbons (Fsp3) is 0.571. The average Bonchev–Trinajstić information content (AvgIpc) is 2.65. The van der Waals surface area contributed by atoms with Gasteiger partial charge in [-0.3, -0.25) is 15.0 Å². The number of carbonyl (C=O) groups is 2. The van der Waals surface area contributed by atoms with Crippen molar-refractivity contribution in [3.8, 4) is 0 Å². The Morgan fingerprint density at radius 1 is 1.40 bits per heavy atom. The van der Waals surface area contributed by atoms with Gasteiger partial charge in [-0.05, 0) is 38.4 Å². The summed E-state index contributed by atoms with van der Waals surface area (Å²) in [4.78, 5) is 24.5. The standard InChI is InChI=1S/C14H21N3O3/c1-10-6-7-12(20-10)11-5-3-2-4-8-17(11)9-13(18)16-14(15)19/h6-7,11H,2-5,8-9H2,1H3,(H3,15,16,18,19)/t11-/m1/s1. The minimum Gasteiger partial charge on any atom is -0.465 e. The highest BCUT2D eigenvalue weighted by Crippen LogP contribution is 2.30. The highest BCUT2D eigenvalue weighted by molar-refractivity contribution is 5.94. The molecule has 1 fully saturated rings. The lowest BCUT2D eigenvalue weighted by atomic mass is 10.1.